The number of hydrogen-bond acceptors (Lipinski definition) is 4. The number of rotatable bonds is 2. The van der Waals surface area contributed by atoms with Crippen LogP contribution in [0.2, 0.25) is 0 Å². The van der Waals surface area contributed by atoms with Crippen molar-refractivity contribution in [2.75, 3.05) is 6.54 Å². The molecule has 8 heteroatoms. The fraction of sp³-hybridized carbons (Fsp3) is 0.667. The van der Waals surface area contributed by atoms with Gasteiger partial charge in [0.15, 0.2) is 0 Å². The summed E-state index contributed by atoms with van der Waals surface area (Å²) in [7, 11) is -4.66. The van der Waals surface area contributed by atoms with Crippen LogP contribution in [0, 0.1) is 0 Å². The molecule has 0 saturated heterocycles. The molecule has 1 amide bonds. The topological polar surface area (TPSA) is 131 Å². The molecule has 0 bridgehead atoms. The number of carbonyl (C=O) groups excluding carboxylic acids is 1. The van der Waals surface area contributed by atoms with Gasteiger partial charge in [-0.25, -0.2) is 9.36 Å². The second-order valence-corrected chi connectivity index (χ2v) is 2.56. The zero-order chi connectivity index (χ0) is 8.20. The van der Waals surface area contributed by atoms with Crippen LogP contribution in [0.15, 0.2) is 0 Å². The third-order valence-electron chi connectivity index (χ3n) is 0.523. The molecule has 0 fully saturated rings. The van der Waals surface area contributed by atoms with Gasteiger partial charge in [0, 0.05) is 6.54 Å². The van der Waals surface area contributed by atoms with E-state index in [0.29, 0.717) is 0 Å². The third kappa shape index (κ3) is 9.38. The highest BCUT2D eigenvalue weighted by atomic mass is 31.2. The maximum absolute atomic E-state index is 10.2. The Hall–Kier alpha value is -0.620. The van der Waals surface area contributed by atoms with Crippen LogP contribution in [0.1, 0.15) is 6.92 Å². The van der Waals surface area contributed by atoms with Gasteiger partial charge in [-0.1, -0.05) is 0 Å². The summed E-state index contributed by atoms with van der Waals surface area (Å²) in [6.45, 7) is 1.86. The molecule has 0 unspecified atom stereocenters. The van der Waals surface area contributed by atoms with Crippen molar-refractivity contribution in [1.29, 1.82) is 0 Å². The van der Waals surface area contributed by atoms with Gasteiger partial charge in [-0.05, 0) is 6.92 Å². The summed E-state index contributed by atoms with van der Waals surface area (Å²) in [5.74, 6) is 0. The standard InChI is InChI=1S/C3H8NO5P.H3N/c1-2-4-3(5)9-10(6,7)8;/h2H2,1H3,(H,4,5)(H2,6,7,8);1H3. The quantitative estimate of drug-likeness (QED) is 0.448. The van der Waals surface area contributed by atoms with Crippen molar-refractivity contribution >= 4 is 13.9 Å². The molecule has 68 valence electrons. The van der Waals surface area contributed by atoms with E-state index in [0.717, 1.165) is 0 Å². The minimum Gasteiger partial charge on any atom is -0.354 e. The molecule has 0 rings (SSSR count). The first kappa shape index (κ1) is 13.0. The van der Waals surface area contributed by atoms with Crippen molar-refractivity contribution in [2.45, 2.75) is 6.92 Å². The van der Waals surface area contributed by atoms with Gasteiger partial charge >= 0.3 is 13.9 Å². The van der Waals surface area contributed by atoms with Gasteiger partial charge in [0.1, 0.15) is 0 Å². The van der Waals surface area contributed by atoms with Crippen LogP contribution < -0.4 is 11.5 Å². The van der Waals surface area contributed by atoms with E-state index in [4.69, 9.17) is 9.79 Å². The highest BCUT2D eigenvalue weighted by Crippen LogP contribution is 2.35. The second kappa shape index (κ2) is 5.09. The summed E-state index contributed by atoms with van der Waals surface area (Å²) in [6.07, 6.45) is -1.11. The average molecular weight is 186 g/mol. The van der Waals surface area contributed by atoms with Crippen LogP contribution in [-0.4, -0.2) is 22.4 Å². The minimum atomic E-state index is -4.66. The number of phosphoric acid groups is 1. The first-order valence-corrected chi connectivity index (χ1v) is 4.01. The summed E-state index contributed by atoms with van der Waals surface area (Å²) in [5.41, 5.74) is 0. The minimum absolute atomic E-state index is 0. The van der Waals surface area contributed by atoms with Crippen LogP contribution in [0.3, 0.4) is 0 Å². The van der Waals surface area contributed by atoms with Crippen molar-refractivity contribution in [3.05, 3.63) is 0 Å². The Morgan fingerprint density at radius 2 is 2.09 bits per heavy atom. The van der Waals surface area contributed by atoms with Crippen LogP contribution in [0.25, 0.3) is 0 Å². The van der Waals surface area contributed by atoms with Crippen molar-refractivity contribution < 1.29 is 23.7 Å². The normalized spacial score (nSPS) is 9.73. The van der Waals surface area contributed by atoms with E-state index in [1.807, 2.05) is 5.32 Å². The number of nitrogens with one attached hydrogen (secondary N) is 1. The van der Waals surface area contributed by atoms with Crippen molar-refractivity contribution in [3.8, 4) is 0 Å². The van der Waals surface area contributed by atoms with Gasteiger partial charge in [-0.15, -0.1) is 0 Å². The molecule has 0 aliphatic rings. The van der Waals surface area contributed by atoms with E-state index < -0.39 is 13.9 Å². The van der Waals surface area contributed by atoms with Gasteiger partial charge in [0.2, 0.25) is 0 Å². The van der Waals surface area contributed by atoms with E-state index in [2.05, 4.69) is 4.52 Å². The smallest absolute Gasteiger partial charge is 0.354 e. The van der Waals surface area contributed by atoms with E-state index >= 15 is 0 Å². The molecule has 0 heterocycles. The van der Waals surface area contributed by atoms with Crippen LogP contribution in [0.5, 0.6) is 0 Å². The Morgan fingerprint density at radius 3 is 2.36 bits per heavy atom. The first-order chi connectivity index (χ1) is 4.45. The predicted molar refractivity (Wildman–Crippen MR) is 37.2 cm³/mol. The number of hydrogen-bond donors (Lipinski definition) is 4. The molecule has 0 aromatic carbocycles. The molecule has 0 atom stereocenters. The Bertz CT molecular complexity index is 165. The number of phosphoric ester groups is 1. The lowest BCUT2D eigenvalue weighted by atomic mass is 10.8. The zero-order valence-corrected chi connectivity index (χ0v) is 6.88. The van der Waals surface area contributed by atoms with Crippen LogP contribution >= 0.6 is 7.82 Å². The molecule has 6 N–H and O–H groups in total. The third-order valence-corrected chi connectivity index (χ3v) is 0.927. The number of amides is 1. The van der Waals surface area contributed by atoms with Crippen molar-refractivity contribution in [1.82, 2.24) is 11.5 Å². The monoisotopic (exact) mass is 186 g/mol. The average Bonchev–Trinajstić information content (AvgIpc) is 1.59. The van der Waals surface area contributed by atoms with Gasteiger partial charge in [-0.2, -0.15) is 0 Å². The van der Waals surface area contributed by atoms with E-state index in [1.54, 1.807) is 6.92 Å². The van der Waals surface area contributed by atoms with Crippen molar-refractivity contribution in [2.24, 2.45) is 0 Å². The van der Waals surface area contributed by atoms with Gasteiger partial charge in [0.05, 0.1) is 0 Å². The van der Waals surface area contributed by atoms with Gasteiger partial charge in [-0.3, -0.25) is 9.79 Å². The zero-order valence-electron chi connectivity index (χ0n) is 5.98. The molecule has 7 nitrogen and oxygen atoms in total. The molecule has 0 saturated carbocycles. The molecule has 0 aromatic heterocycles. The van der Waals surface area contributed by atoms with Gasteiger partial charge < -0.3 is 16.0 Å². The Balaban J connectivity index is 0. The second-order valence-electron chi connectivity index (χ2n) is 1.40. The highest BCUT2D eigenvalue weighted by Gasteiger charge is 2.19. The van der Waals surface area contributed by atoms with E-state index in [1.165, 1.54) is 0 Å². The Labute approximate surface area is 63.6 Å². The summed E-state index contributed by atoms with van der Waals surface area (Å²) >= 11 is 0. The maximum Gasteiger partial charge on any atom is 0.528 e. The fourth-order valence-corrected chi connectivity index (χ4v) is 0.565. The Morgan fingerprint density at radius 1 is 1.64 bits per heavy atom. The molecule has 0 aliphatic carbocycles. The molecule has 11 heavy (non-hydrogen) atoms. The largest absolute Gasteiger partial charge is 0.528 e. The first-order valence-electron chi connectivity index (χ1n) is 2.48. The SMILES string of the molecule is CCNC(=O)OP(=O)(O)O.N. The fourth-order valence-electron chi connectivity index (χ4n) is 0.285. The lowest BCUT2D eigenvalue weighted by Gasteiger charge is -2.03. The van der Waals surface area contributed by atoms with Crippen molar-refractivity contribution in [3.63, 3.8) is 0 Å². The molecular weight excluding hydrogens is 175 g/mol. The lowest BCUT2D eigenvalue weighted by Crippen LogP contribution is -2.22. The molecule has 0 spiro atoms. The Kier molecular flexibility index (Phi) is 6.01. The predicted octanol–water partition coefficient (Wildman–Crippen LogP) is -0.0128. The molecule has 0 radical (unpaired) electrons. The van der Waals surface area contributed by atoms with Gasteiger partial charge in [0.25, 0.3) is 0 Å². The molecule has 0 aromatic rings. The lowest BCUT2D eigenvalue weighted by molar-refractivity contribution is 0.177. The molecular formula is C3H11N2O5P. The van der Waals surface area contributed by atoms with Crippen LogP contribution in [0.4, 0.5) is 4.79 Å². The summed E-state index contributed by atoms with van der Waals surface area (Å²) in [6, 6.07) is 0. The van der Waals surface area contributed by atoms with E-state index in [-0.39, 0.29) is 12.7 Å². The highest BCUT2D eigenvalue weighted by molar-refractivity contribution is 7.46. The summed E-state index contributed by atoms with van der Waals surface area (Å²) in [5, 5.41) is 2.05. The molecule has 0 aliphatic heterocycles. The number of carbonyl (C=O) groups is 1. The maximum atomic E-state index is 10.2. The summed E-state index contributed by atoms with van der Waals surface area (Å²) < 4.78 is 13.5. The van der Waals surface area contributed by atoms with Crippen LogP contribution in [-0.2, 0) is 9.09 Å². The van der Waals surface area contributed by atoms with E-state index in [9.17, 15) is 9.36 Å². The summed E-state index contributed by atoms with van der Waals surface area (Å²) in [4.78, 5) is 26.3.